The van der Waals surface area contributed by atoms with Gasteiger partial charge in [-0.25, -0.2) is 8.42 Å². The van der Waals surface area contributed by atoms with E-state index in [0.29, 0.717) is 10.9 Å². The first-order valence-corrected chi connectivity index (χ1v) is 8.59. The van der Waals surface area contributed by atoms with Crippen LogP contribution in [-0.4, -0.2) is 41.9 Å². The third kappa shape index (κ3) is 2.96. The quantitative estimate of drug-likeness (QED) is 0.635. The Hall–Kier alpha value is -1.03. The van der Waals surface area contributed by atoms with Crippen molar-refractivity contribution < 1.29 is 18.4 Å². The van der Waals surface area contributed by atoms with E-state index in [2.05, 4.69) is 15.9 Å². The second-order valence-electron chi connectivity index (χ2n) is 5.00. The molecule has 0 spiro atoms. The number of rotatable bonds is 4. The number of benzene rings is 1. The van der Waals surface area contributed by atoms with E-state index in [0.717, 1.165) is 10.4 Å². The summed E-state index contributed by atoms with van der Waals surface area (Å²) in [6.45, 7) is 1.80. The van der Waals surface area contributed by atoms with Crippen molar-refractivity contribution in [2.45, 2.75) is 24.3 Å². The summed E-state index contributed by atoms with van der Waals surface area (Å²) in [6.07, 6.45) is 0.617. The van der Waals surface area contributed by atoms with Gasteiger partial charge < -0.3 is 5.11 Å². The van der Waals surface area contributed by atoms with Gasteiger partial charge in [-0.05, 0) is 24.5 Å². The fourth-order valence-electron chi connectivity index (χ4n) is 2.51. The third-order valence-electron chi connectivity index (χ3n) is 3.72. The summed E-state index contributed by atoms with van der Waals surface area (Å²) in [6, 6.07) is 3.26. The van der Waals surface area contributed by atoms with Gasteiger partial charge in [0.1, 0.15) is 0 Å². The molecular formula is C12H15BrN2O5S. The van der Waals surface area contributed by atoms with E-state index in [1.807, 2.05) is 6.92 Å². The summed E-state index contributed by atoms with van der Waals surface area (Å²) in [5.41, 5.74) is -0.463. The molecule has 2 rings (SSSR count). The lowest BCUT2D eigenvalue weighted by atomic mass is 10.0. The van der Waals surface area contributed by atoms with Crippen LogP contribution in [0.4, 0.5) is 5.69 Å². The van der Waals surface area contributed by atoms with E-state index in [4.69, 9.17) is 0 Å². The van der Waals surface area contributed by atoms with E-state index < -0.39 is 26.7 Å². The average molecular weight is 379 g/mol. The number of hydrogen-bond acceptors (Lipinski definition) is 5. The SMILES string of the molecule is CC1CCN(S(=O)(=O)c2cc(Br)ccc2[N+](=O)[O-])C1CO. The van der Waals surface area contributed by atoms with Gasteiger partial charge in [-0.1, -0.05) is 22.9 Å². The van der Waals surface area contributed by atoms with Gasteiger partial charge in [-0.2, -0.15) is 4.31 Å². The maximum absolute atomic E-state index is 12.7. The Bertz CT molecular complexity index is 664. The Labute approximate surface area is 130 Å². The van der Waals surface area contributed by atoms with Crippen molar-refractivity contribution in [3.63, 3.8) is 0 Å². The molecule has 1 aliphatic heterocycles. The first kappa shape index (κ1) is 16.3. The average Bonchev–Trinajstić information content (AvgIpc) is 2.80. The molecule has 0 aliphatic carbocycles. The van der Waals surface area contributed by atoms with Crippen LogP contribution in [0.2, 0.25) is 0 Å². The van der Waals surface area contributed by atoms with Crippen LogP contribution in [0.5, 0.6) is 0 Å². The highest BCUT2D eigenvalue weighted by molar-refractivity contribution is 9.10. The van der Waals surface area contributed by atoms with Crippen molar-refractivity contribution in [3.8, 4) is 0 Å². The molecule has 1 heterocycles. The molecule has 9 heteroatoms. The van der Waals surface area contributed by atoms with Gasteiger partial charge in [0.25, 0.3) is 5.69 Å². The largest absolute Gasteiger partial charge is 0.395 e. The normalized spacial score (nSPS) is 23.4. The van der Waals surface area contributed by atoms with Gasteiger partial charge in [-0.3, -0.25) is 10.1 Å². The molecule has 2 atom stereocenters. The molecule has 7 nitrogen and oxygen atoms in total. The first-order valence-electron chi connectivity index (χ1n) is 6.35. The standard InChI is InChI=1S/C12H15BrN2O5S/c1-8-4-5-14(11(8)7-16)21(19,20)12-6-9(13)2-3-10(12)15(17)18/h2-3,6,8,11,16H,4-5,7H2,1H3. The highest BCUT2D eigenvalue weighted by Gasteiger charge is 2.41. The predicted octanol–water partition coefficient (Wildman–Crippen LogP) is 1.75. The lowest BCUT2D eigenvalue weighted by molar-refractivity contribution is -0.387. The molecule has 0 bridgehead atoms. The molecule has 1 fully saturated rings. The molecule has 1 N–H and O–H groups in total. The maximum atomic E-state index is 12.7. The van der Waals surface area contributed by atoms with E-state index in [1.54, 1.807) is 0 Å². The van der Waals surface area contributed by atoms with Crippen molar-refractivity contribution in [1.82, 2.24) is 4.31 Å². The molecule has 116 valence electrons. The van der Waals surface area contributed by atoms with Gasteiger partial charge in [0.2, 0.25) is 10.0 Å². The lowest BCUT2D eigenvalue weighted by Gasteiger charge is -2.24. The molecule has 1 aromatic carbocycles. The van der Waals surface area contributed by atoms with Crippen LogP contribution in [0.3, 0.4) is 0 Å². The fraction of sp³-hybridized carbons (Fsp3) is 0.500. The number of nitrogens with zero attached hydrogens (tertiary/aromatic N) is 2. The predicted molar refractivity (Wildman–Crippen MR) is 79.3 cm³/mol. The van der Waals surface area contributed by atoms with Gasteiger partial charge in [0, 0.05) is 17.1 Å². The van der Waals surface area contributed by atoms with E-state index in [9.17, 15) is 23.6 Å². The smallest absolute Gasteiger partial charge is 0.289 e. The number of aliphatic hydroxyl groups excluding tert-OH is 1. The Morgan fingerprint density at radius 1 is 1.52 bits per heavy atom. The lowest BCUT2D eigenvalue weighted by Crippen LogP contribution is -2.40. The van der Waals surface area contributed by atoms with Crippen LogP contribution in [0.25, 0.3) is 0 Å². The maximum Gasteiger partial charge on any atom is 0.289 e. The van der Waals surface area contributed by atoms with Gasteiger partial charge >= 0.3 is 0 Å². The number of nitro groups is 1. The van der Waals surface area contributed by atoms with Gasteiger partial charge in [0.15, 0.2) is 4.90 Å². The van der Waals surface area contributed by atoms with Crippen molar-refractivity contribution in [1.29, 1.82) is 0 Å². The summed E-state index contributed by atoms with van der Waals surface area (Å²) in [7, 11) is -4.03. The molecule has 1 saturated heterocycles. The van der Waals surface area contributed by atoms with Crippen LogP contribution in [-0.2, 0) is 10.0 Å². The molecule has 1 aliphatic rings. The third-order valence-corrected chi connectivity index (χ3v) is 6.17. The van der Waals surface area contributed by atoms with Crippen molar-refractivity contribution in [2.24, 2.45) is 5.92 Å². The highest BCUT2D eigenvalue weighted by atomic mass is 79.9. The van der Waals surface area contributed by atoms with Crippen LogP contribution in [0.15, 0.2) is 27.6 Å². The number of hydrogen-bond donors (Lipinski definition) is 1. The molecule has 21 heavy (non-hydrogen) atoms. The number of aliphatic hydroxyl groups is 1. The van der Waals surface area contributed by atoms with E-state index in [-0.39, 0.29) is 24.0 Å². The molecular weight excluding hydrogens is 364 g/mol. The fourth-order valence-corrected chi connectivity index (χ4v) is 4.94. The Morgan fingerprint density at radius 3 is 2.76 bits per heavy atom. The molecule has 0 aromatic heterocycles. The molecule has 0 radical (unpaired) electrons. The first-order chi connectivity index (χ1) is 9.78. The van der Waals surface area contributed by atoms with Crippen molar-refractivity contribution in [2.75, 3.05) is 13.2 Å². The monoisotopic (exact) mass is 378 g/mol. The van der Waals surface area contributed by atoms with Crippen LogP contribution in [0.1, 0.15) is 13.3 Å². The zero-order valence-corrected chi connectivity index (χ0v) is 13.7. The van der Waals surface area contributed by atoms with Gasteiger partial charge in [0.05, 0.1) is 17.6 Å². The van der Waals surface area contributed by atoms with Gasteiger partial charge in [-0.15, -0.1) is 0 Å². The minimum atomic E-state index is -4.03. The molecule has 0 saturated carbocycles. The van der Waals surface area contributed by atoms with Crippen LogP contribution < -0.4 is 0 Å². The number of nitro benzene ring substituents is 1. The number of sulfonamides is 1. The zero-order valence-electron chi connectivity index (χ0n) is 11.3. The van der Waals surface area contributed by atoms with E-state index in [1.165, 1.54) is 12.1 Å². The van der Waals surface area contributed by atoms with Crippen LogP contribution >= 0.6 is 15.9 Å². The van der Waals surface area contributed by atoms with Crippen LogP contribution in [0, 0.1) is 16.0 Å². The van der Waals surface area contributed by atoms with E-state index >= 15 is 0 Å². The second kappa shape index (κ2) is 5.99. The summed E-state index contributed by atoms with van der Waals surface area (Å²) in [4.78, 5) is 10.0. The number of halogens is 1. The summed E-state index contributed by atoms with van der Waals surface area (Å²) in [5, 5.41) is 20.5. The summed E-state index contributed by atoms with van der Waals surface area (Å²) >= 11 is 3.14. The molecule has 1 aromatic rings. The zero-order chi connectivity index (χ0) is 15.8. The summed E-state index contributed by atoms with van der Waals surface area (Å²) < 4.78 is 27.0. The molecule has 0 amide bonds. The minimum absolute atomic E-state index is 0.0102. The molecule has 2 unspecified atom stereocenters. The minimum Gasteiger partial charge on any atom is -0.395 e. The second-order valence-corrected chi connectivity index (χ2v) is 7.78. The Morgan fingerprint density at radius 2 is 2.19 bits per heavy atom. The highest BCUT2D eigenvalue weighted by Crippen LogP contribution is 2.34. The summed E-state index contributed by atoms with van der Waals surface area (Å²) in [5.74, 6) is 0.0102. The van der Waals surface area contributed by atoms with Crippen molar-refractivity contribution >= 4 is 31.6 Å². The Kier molecular flexibility index (Phi) is 4.66. The van der Waals surface area contributed by atoms with Crippen molar-refractivity contribution in [3.05, 3.63) is 32.8 Å². The topological polar surface area (TPSA) is 101 Å². The Balaban J connectivity index is 2.54.